The summed E-state index contributed by atoms with van der Waals surface area (Å²) in [6.45, 7) is -0.457. The zero-order valence-corrected chi connectivity index (χ0v) is 19.0. The molecule has 2 aromatic carbocycles. The van der Waals surface area contributed by atoms with E-state index in [1.54, 1.807) is 30.3 Å². The third-order valence-corrected chi connectivity index (χ3v) is 7.07. The van der Waals surface area contributed by atoms with E-state index in [0.717, 1.165) is 0 Å². The Labute approximate surface area is 197 Å². The molecule has 190 valence electrons. The highest BCUT2D eigenvalue weighted by Gasteiger charge is 2.56. The maximum Gasteiger partial charge on any atom is 0.469 e. The minimum Gasteiger partial charge on any atom is -0.352 e. The maximum absolute atomic E-state index is 14.9. The lowest BCUT2D eigenvalue weighted by Gasteiger charge is -2.28. The molecule has 2 heterocycles. The Kier molecular flexibility index (Phi) is 7.31. The molecule has 4 rings (SSSR count). The molecule has 2 aliphatic heterocycles. The van der Waals surface area contributed by atoms with Crippen LogP contribution in [0.2, 0.25) is 0 Å². The third-order valence-electron chi connectivity index (χ3n) is 6.58. The highest BCUT2D eigenvalue weighted by molar-refractivity contribution is 7.46. The van der Waals surface area contributed by atoms with Crippen LogP contribution in [0.15, 0.2) is 30.3 Å². The molecule has 2 fully saturated rings. The lowest BCUT2D eigenvalue weighted by atomic mass is 9.82. The predicted molar refractivity (Wildman–Crippen MR) is 112 cm³/mol. The van der Waals surface area contributed by atoms with Crippen LogP contribution in [0.1, 0.15) is 30.0 Å². The highest BCUT2D eigenvalue weighted by atomic mass is 31.2. The molecule has 0 unspecified atom stereocenters. The van der Waals surface area contributed by atoms with Crippen LogP contribution in [-0.4, -0.2) is 39.8 Å². The molecular weight excluding hydrogens is 498 g/mol. The van der Waals surface area contributed by atoms with E-state index >= 15 is 0 Å². The SMILES string of the molecule is O=C(NCc1ccccc1)[C@H]1[C@@H](COP(=O)(O)O)[C@@H]2CCCN2[C@H]1c1c(F)c(F)c(F)c(F)c1F. The second kappa shape index (κ2) is 9.94. The summed E-state index contributed by atoms with van der Waals surface area (Å²) in [5.41, 5.74) is -0.456. The third kappa shape index (κ3) is 4.99. The van der Waals surface area contributed by atoms with Gasteiger partial charge in [-0.1, -0.05) is 30.3 Å². The number of halogens is 5. The summed E-state index contributed by atoms with van der Waals surface area (Å²) < 4.78 is 87.6. The first kappa shape index (κ1) is 25.7. The van der Waals surface area contributed by atoms with Crippen molar-refractivity contribution in [3.63, 3.8) is 0 Å². The molecule has 0 saturated carbocycles. The fourth-order valence-electron chi connectivity index (χ4n) is 5.17. The van der Waals surface area contributed by atoms with E-state index in [2.05, 4.69) is 9.84 Å². The van der Waals surface area contributed by atoms with Crippen LogP contribution in [0.3, 0.4) is 0 Å². The van der Waals surface area contributed by atoms with Crippen LogP contribution in [-0.2, 0) is 20.4 Å². The van der Waals surface area contributed by atoms with E-state index in [0.29, 0.717) is 18.4 Å². The molecule has 0 radical (unpaired) electrons. The van der Waals surface area contributed by atoms with Crippen molar-refractivity contribution in [1.82, 2.24) is 10.2 Å². The first-order chi connectivity index (χ1) is 16.5. The Balaban J connectivity index is 1.77. The number of nitrogens with zero attached hydrogens (tertiary/aromatic N) is 1. The van der Waals surface area contributed by atoms with Gasteiger partial charge >= 0.3 is 7.82 Å². The van der Waals surface area contributed by atoms with Crippen molar-refractivity contribution in [2.45, 2.75) is 31.5 Å². The average molecular weight is 520 g/mol. The van der Waals surface area contributed by atoms with Gasteiger partial charge in [-0.2, -0.15) is 0 Å². The van der Waals surface area contributed by atoms with Gasteiger partial charge in [0, 0.05) is 24.1 Å². The molecule has 2 saturated heterocycles. The van der Waals surface area contributed by atoms with Crippen molar-refractivity contribution >= 4 is 13.7 Å². The van der Waals surface area contributed by atoms with Gasteiger partial charge in [-0.05, 0) is 24.9 Å². The number of carbonyl (C=O) groups excluding carboxylic acids is 1. The molecule has 2 aromatic rings. The normalized spacial score (nSPS) is 24.5. The molecule has 0 aromatic heterocycles. The van der Waals surface area contributed by atoms with Crippen LogP contribution < -0.4 is 5.32 Å². The number of benzene rings is 2. The van der Waals surface area contributed by atoms with E-state index in [4.69, 9.17) is 0 Å². The van der Waals surface area contributed by atoms with Gasteiger partial charge in [-0.15, -0.1) is 0 Å². The molecule has 0 bridgehead atoms. The number of amides is 1. The number of fused-ring (bicyclic) bond motifs is 1. The first-order valence-electron chi connectivity index (χ1n) is 10.8. The van der Waals surface area contributed by atoms with Crippen molar-refractivity contribution in [2.75, 3.05) is 13.2 Å². The Morgan fingerprint density at radius 3 is 2.23 bits per heavy atom. The maximum atomic E-state index is 14.9. The van der Waals surface area contributed by atoms with Crippen LogP contribution in [0.5, 0.6) is 0 Å². The van der Waals surface area contributed by atoms with Gasteiger partial charge in [0.05, 0.1) is 18.6 Å². The number of rotatable bonds is 7. The summed E-state index contributed by atoms with van der Waals surface area (Å²) in [6.07, 6.45) is 0.866. The Morgan fingerprint density at radius 2 is 1.63 bits per heavy atom. The van der Waals surface area contributed by atoms with Gasteiger partial charge in [0.1, 0.15) is 0 Å². The average Bonchev–Trinajstić information content (AvgIpc) is 3.40. The fraction of sp³-hybridized carbons (Fsp3) is 0.409. The molecule has 4 atom stereocenters. The van der Waals surface area contributed by atoms with Gasteiger partial charge in [-0.3, -0.25) is 14.2 Å². The quantitative estimate of drug-likeness (QED) is 0.224. The standard InChI is InChI=1S/C22H22F5N2O5P/c23-16-15(17(24)19(26)20(27)18(16)25)21-14(22(30)28-9-11-5-2-1-3-6-11)12(10-34-35(31,32)33)13-7-4-8-29(13)21/h1-3,5-6,12-14,21H,4,7-10H2,(H,28,30)(H2,31,32,33)/t12-,13-,14-,21+/m0/s1. The molecule has 2 aliphatic rings. The Morgan fingerprint density at radius 1 is 1.03 bits per heavy atom. The van der Waals surface area contributed by atoms with Gasteiger partial charge in [-0.25, -0.2) is 26.5 Å². The molecule has 35 heavy (non-hydrogen) atoms. The lowest BCUT2D eigenvalue weighted by molar-refractivity contribution is -0.127. The van der Waals surface area contributed by atoms with Crippen LogP contribution in [0.4, 0.5) is 22.0 Å². The van der Waals surface area contributed by atoms with Gasteiger partial charge < -0.3 is 15.1 Å². The summed E-state index contributed by atoms with van der Waals surface area (Å²) >= 11 is 0. The lowest BCUT2D eigenvalue weighted by Crippen LogP contribution is -2.39. The summed E-state index contributed by atoms with van der Waals surface area (Å²) in [5, 5.41) is 2.61. The molecule has 1 amide bonds. The summed E-state index contributed by atoms with van der Waals surface area (Å²) in [5.74, 6) is -13.8. The molecular formula is C22H22F5N2O5P. The van der Waals surface area contributed by atoms with Crippen molar-refractivity contribution in [3.8, 4) is 0 Å². The molecule has 7 nitrogen and oxygen atoms in total. The van der Waals surface area contributed by atoms with E-state index in [-0.39, 0.29) is 13.1 Å². The zero-order chi connectivity index (χ0) is 25.5. The predicted octanol–water partition coefficient (Wildman–Crippen LogP) is 3.56. The van der Waals surface area contributed by atoms with Crippen LogP contribution in [0.25, 0.3) is 0 Å². The second-order valence-electron chi connectivity index (χ2n) is 8.56. The largest absolute Gasteiger partial charge is 0.469 e. The molecule has 13 heteroatoms. The van der Waals surface area contributed by atoms with Gasteiger partial charge in [0.2, 0.25) is 11.7 Å². The Hall–Kier alpha value is -2.37. The number of phosphoric acid groups is 1. The number of phosphoric ester groups is 1. The summed E-state index contributed by atoms with van der Waals surface area (Å²) in [7, 11) is -4.98. The van der Waals surface area contributed by atoms with E-state index in [9.17, 15) is 41.1 Å². The van der Waals surface area contributed by atoms with Crippen molar-refractivity contribution in [2.24, 2.45) is 11.8 Å². The highest BCUT2D eigenvalue weighted by Crippen LogP contribution is 2.52. The monoisotopic (exact) mass is 520 g/mol. The minimum atomic E-state index is -4.98. The number of nitrogens with one attached hydrogen (secondary N) is 1. The summed E-state index contributed by atoms with van der Waals surface area (Å²) in [6, 6.07) is 6.43. The second-order valence-corrected chi connectivity index (χ2v) is 9.79. The van der Waals surface area contributed by atoms with E-state index in [1.165, 1.54) is 4.90 Å². The fourth-order valence-corrected chi connectivity index (χ4v) is 5.53. The van der Waals surface area contributed by atoms with Crippen LogP contribution in [0, 0.1) is 40.9 Å². The van der Waals surface area contributed by atoms with Crippen molar-refractivity contribution < 1.29 is 45.6 Å². The zero-order valence-electron chi connectivity index (χ0n) is 18.1. The summed E-state index contributed by atoms with van der Waals surface area (Å²) in [4.78, 5) is 33.2. The smallest absolute Gasteiger partial charge is 0.352 e. The van der Waals surface area contributed by atoms with Gasteiger partial charge in [0.15, 0.2) is 23.3 Å². The molecule has 0 aliphatic carbocycles. The van der Waals surface area contributed by atoms with Crippen molar-refractivity contribution in [3.05, 3.63) is 70.5 Å². The number of hydrogen-bond acceptors (Lipinski definition) is 4. The first-order valence-corrected chi connectivity index (χ1v) is 12.3. The van der Waals surface area contributed by atoms with Gasteiger partial charge in [0.25, 0.3) is 0 Å². The number of hydrogen-bond donors (Lipinski definition) is 3. The minimum absolute atomic E-state index is 0.0106. The van der Waals surface area contributed by atoms with Crippen LogP contribution >= 0.6 is 7.82 Å². The van der Waals surface area contributed by atoms with E-state index < -0.39 is 78.9 Å². The Bertz CT molecular complexity index is 1140. The molecule has 3 N–H and O–H groups in total. The number of carbonyl (C=O) groups is 1. The topological polar surface area (TPSA) is 99.1 Å². The molecule has 0 spiro atoms. The van der Waals surface area contributed by atoms with Crippen molar-refractivity contribution in [1.29, 1.82) is 0 Å². The van der Waals surface area contributed by atoms with E-state index in [1.807, 2.05) is 0 Å².